The molecule has 1 heterocycles. The average molecular weight is 185 g/mol. The van der Waals surface area contributed by atoms with Crippen molar-refractivity contribution in [2.45, 2.75) is 6.10 Å². The van der Waals surface area contributed by atoms with Crippen LogP contribution in [0, 0.1) is 0 Å². The van der Waals surface area contributed by atoms with E-state index in [1.807, 2.05) is 13.2 Å². The summed E-state index contributed by atoms with van der Waals surface area (Å²) in [5.41, 5.74) is 0.901. The molecule has 0 bridgehead atoms. The Morgan fingerprint density at radius 3 is 3.08 bits per heavy atom. The molecular formula is C8H15N3O2. The fraction of sp³-hybridized carbons (Fsp3) is 0.625. The Morgan fingerprint density at radius 2 is 2.54 bits per heavy atom. The summed E-state index contributed by atoms with van der Waals surface area (Å²) in [5.74, 6) is 0. The van der Waals surface area contributed by atoms with Crippen LogP contribution in [0.3, 0.4) is 0 Å². The van der Waals surface area contributed by atoms with E-state index in [2.05, 4.69) is 10.4 Å². The van der Waals surface area contributed by atoms with Crippen LogP contribution in [0.5, 0.6) is 0 Å². The number of hydrogen-bond acceptors (Lipinski definition) is 4. The predicted octanol–water partition coefficient (Wildman–Crippen LogP) is -0.161. The molecule has 0 amide bonds. The minimum atomic E-state index is -0.481. The lowest BCUT2D eigenvalue weighted by atomic mass is 10.3. The molecule has 0 aliphatic carbocycles. The van der Waals surface area contributed by atoms with Crippen molar-refractivity contribution in [2.24, 2.45) is 7.05 Å². The summed E-state index contributed by atoms with van der Waals surface area (Å²) in [4.78, 5) is 0. The molecule has 0 aliphatic heterocycles. The highest BCUT2D eigenvalue weighted by Gasteiger charge is 2.02. The Kier molecular flexibility index (Phi) is 3.72. The minimum Gasteiger partial charge on any atom is -0.389 e. The van der Waals surface area contributed by atoms with Crippen molar-refractivity contribution in [3.63, 3.8) is 0 Å². The van der Waals surface area contributed by atoms with Gasteiger partial charge in [0, 0.05) is 26.9 Å². The quantitative estimate of drug-likeness (QED) is 0.669. The Morgan fingerprint density at radius 1 is 1.77 bits per heavy atom. The maximum atomic E-state index is 9.30. The molecule has 5 nitrogen and oxygen atoms in total. The van der Waals surface area contributed by atoms with Crippen molar-refractivity contribution in [3.05, 3.63) is 12.4 Å². The molecule has 0 radical (unpaired) electrons. The highest BCUT2D eigenvalue weighted by Crippen LogP contribution is 2.02. The summed E-state index contributed by atoms with van der Waals surface area (Å²) >= 11 is 0. The molecule has 13 heavy (non-hydrogen) atoms. The predicted molar refractivity (Wildman–Crippen MR) is 49.6 cm³/mol. The van der Waals surface area contributed by atoms with Crippen molar-refractivity contribution in [1.82, 2.24) is 9.78 Å². The van der Waals surface area contributed by atoms with Gasteiger partial charge in [0.1, 0.15) is 0 Å². The number of aliphatic hydroxyl groups is 1. The van der Waals surface area contributed by atoms with Crippen molar-refractivity contribution >= 4 is 5.69 Å². The molecule has 0 fully saturated rings. The van der Waals surface area contributed by atoms with Gasteiger partial charge in [0.15, 0.2) is 0 Å². The molecule has 5 heteroatoms. The molecule has 1 aromatic rings. The van der Waals surface area contributed by atoms with Gasteiger partial charge in [-0.1, -0.05) is 0 Å². The second kappa shape index (κ2) is 4.84. The Labute approximate surface area is 77.3 Å². The Hall–Kier alpha value is -1.07. The summed E-state index contributed by atoms with van der Waals surface area (Å²) in [7, 11) is 3.41. The van der Waals surface area contributed by atoms with Crippen molar-refractivity contribution in [3.8, 4) is 0 Å². The largest absolute Gasteiger partial charge is 0.389 e. The number of aromatic nitrogens is 2. The number of ether oxygens (including phenoxy) is 1. The lowest BCUT2D eigenvalue weighted by molar-refractivity contribution is 0.0727. The second-order valence-corrected chi connectivity index (χ2v) is 2.89. The molecule has 1 aromatic heterocycles. The van der Waals surface area contributed by atoms with E-state index >= 15 is 0 Å². The molecule has 0 spiro atoms. The van der Waals surface area contributed by atoms with Crippen LogP contribution in [0.4, 0.5) is 5.69 Å². The summed E-state index contributed by atoms with van der Waals surface area (Å²) in [5, 5.41) is 16.3. The van der Waals surface area contributed by atoms with Crippen LogP contribution in [0.2, 0.25) is 0 Å². The van der Waals surface area contributed by atoms with E-state index in [9.17, 15) is 5.11 Å². The van der Waals surface area contributed by atoms with Crippen LogP contribution >= 0.6 is 0 Å². The summed E-state index contributed by atoms with van der Waals surface area (Å²) in [6, 6.07) is 0. The summed E-state index contributed by atoms with van der Waals surface area (Å²) in [6.07, 6.45) is 3.07. The fourth-order valence-corrected chi connectivity index (χ4v) is 0.999. The lowest BCUT2D eigenvalue weighted by Gasteiger charge is -2.09. The van der Waals surface area contributed by atoms with E-state index in [0.29, 0.717) is 13.2 Å². The van der Waals surface area contributed by atoms with Crippen molar-refractivity contribution in [2.75, 3.05) is 25.6 Å². The number of aryl methyl sites for hydroxylation is 1. The number of nitrogens with zero attached hydrogens (tertiary/aromatic N) is 2. The highest BCUT2D eigenvalue weighted by atomic mass is 16.5. The second-order valence-electron chi connectivity index (χ2n) is 2.89. The first kappa shape index (κ1) is 10.0. The van der Waals surface area contributed by atoms with Gasteiger partial charge in [0.05, 0.1) is 24.6 Å². The number of nitrogens with one attached hydrogen (secondary N) is 1. The van der Waals surface area contributed by atoms with Gasteiger partial charge in [0.25, 0.3) is 0 Å². The first-order valence-corrected chi connectivity index (χ1v) is 4.12. The molecule has 0 saturated heterocycles. The zero-order valence-corrected chi connectivity index (χ0v) is 7.90. The first-order chi connectivity index (χ1) is 6.22. The van der Waals surface area contributed by atoms with E-state index in [1.165, 1.54) is 0 Å². The molecule has 0 aromatic carbocycles. The number of hydrogen-bond donors (Lipinski definition) is 2. The van der Waals surface area contributed by atoms with E-state index in [-0.39, 0.29) is 0 Å². The zero-order chi connectivity index (χ0) is 9.68. The van der Waals surface area contributed by atoms with Crippen molar-refractivity contribution < 1.29 is 9.84 Å². The number of aliphatic hydroxyl groups excluding tert-OH is 1. The maximum absolute atomic E-state index is 9.30. The highest BCUT2D eigenvalue weighted by molar-refractivity contribution is 5.37. The molecule has 1 rings (SSSR count). The van der Waals surface area contributed by atoms with Gasteiger partial charge in [0.2, 0.25) is 0 Å². The fourth-order valence-electron chi connectivity index (χ4n) is 0.999. The summed E-state index contributed by atoms with van der Waals surface area (Å²) < 4.78 is 6.49. The van der Waals surface area contributed by atoms with Gasteiger partial charge in [-0.15, -0.1) is 0 Å². The van der Waals surface area contributed by atoms with Gasteiger partial charge < -0.3 is 15.2 Å². The van der Waals surface area contributed by atoms with Crippen LogP contribution in [0.25, 0.3) is 0 Å². The normalized spacial score (nSPS) is 12.8. The molecule has 0 saturated carbocycles. The molecule has 1 unspecified atom stereocenters. The number of methoxy groups -OCH3 is 1. The first-order valence-electron chi connectivity index (χ1n) is 4.12. The summed E-state index contributed by atoms with van der Waals surface area (Å²) in [6.45, 7) is 0.812. The van der Waals surface area contributed by atoms with Crippen LogP contribution in [0.1, 0.15) is 0 Å². The van der Waals surface area contributed by atoms with Crippen LogP contribution in [0.15, 0.2) is 12.4 Å². The average Bonchev–Trinajstić information content (AvgIpc) is 2.49. The SMILES string of the molecule is COCC(O)CNc1cnn(C)c1. The zero-order valence-electron chi connectivity index (χ0n) is 7.90. The Balaban J connectivity index is 2.26. The molecular weight excluding hydrogens is 170 g/mol. The van der Waals surface area contributed by atoms with Gasteiger partial charge in [-0.05, 0) is 0 Å². The van der Waals surface area contributed by atoms with Crippen LogP contribution in [-0.4, -0.2) is 41.3 Å². The van der Waals surface area contributed by atoms with E-state index < -0.39 is 6.10 Å². The molecule has 0 aliphatic rings. The Bertz CT molecular complexity index is 249. The monoisotopic (exact) mass is 185 g/mol. The van der Waals surface area contributed by atoms with Gasteiger partial charge in [-0.25, -0.2) is 0 Å². The molecule has 1 atom stereocenters. The number of anilines is 1. The van der Waals surface area contributed by atoms with Gasteiger partial charge in [-0.3, -0.25) is 4.68 Å². The van der Waals surface area contributed by atoms with E-state index in [4.69, 9.17) is 4.74 Å². The van der Waals surface area contributed by atoms with E-state index in [0.717, 1.165) is 5.69 Å². The molecule has 74 valence electrons. The topological polar surface area (TPSA) is 59.3 Å². The van der Waals surface area contributed by atoms with E-state index in [1.54, 1.807) is 18.0 Å². The van der Waals surface area contributed by atoms with Crippen molar-refractivity contribution in [1.29, 1.82) is 0 Å². The van der Waals surface area contributed by atoms with Crippen LogP contribution < -0.4 is 5.32 Å². The van der Waals surface area contributed by atoms with Crippen LogP contribution in [-0.2, 0) is 11.8 Å². The maximum Gasteiger partial charge on any atom is 0.0945 e. The minimum absolute atomic E-state index is 0.341. The van der Waals surface area contributed by atoms with Gasteiger partial charge in [-0.2, -0.15) is 5.10 Å². The third kappa shape index (κ3) is 3.43. The number of rotatable bonds is 5. The van der Waals surface area contributed by atoms with Gasteiger partial charge >= 0.3 is 0 Å². The molecule has 2 N–H and O–H groups in total. The smallest absolute Gasteiger partial charge is 0.0945 e. The lowest BCUT2D eigenvalue weighted by Crippen LogP contribution is -2.23. The standard InChI is InChI=1S/C8H15N3O2/c1-11-5-7(3-10-11)9-4-8(12)6-13-2/h3,5,8-9,12H,4,6H2,1-2H3. The third-order valence-corrected chi connectivity index (χ3v) is 1.61. The third-order valence-electron chi connectivity index (χ3n) is 1.61.